The second kappa shape index (κ2) is 9.37. The normalized spacial score (nSPS) is 20.5. The molecular formula is C26H31N5O3. The van der Waals surface area contributed by atoms with E-state index in [1.807, 2.05) is 17.0 Å². The van der Waals surface area contributed by atoms with Crippen LogP contribution in [-0.2, 0) is 4.79 Å². The number of benzene rings is 2. The summed E-state index contributed by atoms with van der Waals surface area (Å²) in [6.45, 7) is 2.66. The van der Waals surface area contributed by atoms with Crippen LogP contribution < -0.4 is 20.1 Å². The van der Waals surface area contributed by atoms with Gasteiger partial charge in [0.2, 0.25) is 11.9 Å². The Bertz CT molecular complexity index is 1180. The SMILES string of the molecule is COc1cc2nc(N3CCN(C(=O)[C@@H]4CCC[C@H]4c4ccccc4)CC3)nc(N)c2cc1OC. The second-order valence-corrected chi connectivity index (χ2v) is 9.00. The minimum Gasteiger partial charge on any atom is -0.493 e. The number of carbonyl (C=O) groups is 1. The van der Waals surface area contributed by atoms with Crippen LogP contribution in [0.1, 0.15) is 30.7 Å². The molecule has 5 rings (SSSR count). The Kier molecular flexibility index (Phi) is 6.13. The standard InChI is InChI=1S/C26H31N5O3/c1-33-22-15-20-21(16-23(22)34-2)28-26(29-24(20)27)31-13-11-30(12-14-31)25(32)19-10-6-9-18(19)17-7-4-3-5-8-17/h3-5,7-8,15-16,18-19H,6,9-14H2,1-2H3,(H2,27,28,29)/t18-,19+/m0/s1. The van der Waals surface area contributed by atoms with E-state index in [2.05, 4.69) is 34.1 Å². The maximum absolute atomic E-state index is 13.4. The van der Waals surface area contributed by atoms with Crippen LogP contribution in [0.5, 0.6) is 11.5 Å². The summed E-state index contributed by atoms with van der Waals surface area (Å²) in [7, 11) is 3.18. The highest BCUT2D eigenvalue weighted by Gasteiger charge is 2.37. The molecule has 1 aromatic heterocycles. The topological polar surface area (TPSA) is 93.8 Å². The van der Waals surface area contributed by atoms with Crippen molar-refractivity contribution in [1.82, 2.24) is 14.9 Å². The molecule has 1 aliphatic heterocycles. The van der Waals surface area contributed by atoms with Crippen LogP contribution in [0.3, 0.4) is 0 Å². The molecule has 178 valence electrons. The zero-order valence-electron chi connectivity index (χ0n) is 19.7. The highest BCUT2D eigenvalue weighted by Crippen LogP contribution is 2.41. The number of nitrogen functional groups attached to an aromatic ring is 1. The average Bonchev–Trinajstić information content (AvgIpc) is 3.38. The lowest BCUT2D eigenvalue weighted by Crippen LogP contribution is -2.51. The maximum atomic E-state index is 13.4. The molecule has 2 aliphatic rings. The highest BCUT2D eigenvalue weighted by atomic mass is 16.5. The number of nitrogens with two attached hydrogens (primary N) is 1. The van der Waals surface area contributed by atoms with Crippen molar-refractivity contribution in [1.29, 1.82) is 0 Å². The number of anilines is 2. The van der Waals surface area contributed by atoms with E-state index >= 15 is 0 Å². The number of fused-ring (bicyclic) bond motifs is 1. The van der Waals surface area contributed by atoms with Gasteiger partial charge in [0.15, 0.2) is 11.5 Å². The first kappa shape index (κ1) is 22.3. The molecule has 1 aliphatic carbocycles. The number of rotatable bonds is 5. The van der Waals surface area contributed by atoms with E-state index < -0.39 is 0 Å². The van der Waals surface area contributed by atoms with E-state index in [4.69, 9.17) is 20.2 Å². The summed E-state index contributed by atoms with van der Waals surface area (Å²) < 4.78 is 10.8. The van der Waals surface area contributed by atoms with Gasteiger partial charge in [0, 0.05) is 43.5 Å². The Labute approximate surface area is 199 Å². The molecule has 0 unspecified atom stereocenters. The second-order valence-electron chi connectivity index (χ2n) is 9.00. The number of carbonyl (C=O) groups excluding carboxylic acids is 1. The first-order valence-corrected chi connectivity index (χ1v) is 11.9. The largest absolute Gasteiger partial charge is 0.493 e. The first-order chi connectivity index (χ1) is 16.6. The average molecular weight is 462 g/mol. The quantitative estimate of drug-likeness (QED) is 0.622. The van der Waals surface area contributed by atoms with Crippen LogP contribution in [0.15, 0.2) is 42.5 Å². The Morgan fingerprint density at radius 2 is 1.68 bits per heavy atom. The molecule has 2 atom stereocenters. The van der Waals surface area contributed by atoms with Crippen LogP contribution in [0.25, 0.3) is 10.9 Å². The number of methoxy groups -OCH3 is 2. The molecule has 2 aromatic carbocycles. The molecule has 8 heteroatoms. The van der Waals surface area contributed by atoms with Gasteiger partial charge in [-0.3, -0.25) is 4.79 Å². The van der Waals surface area contributed by atoms with Gasteiger partial charge in [-0.05, 0) is 30.4 Å². The predicted molar refractivity (Wildman–Crippen MR) is 132 cm³/mol. The van der Waals surface area contributed by atoms with Gasteiger partial charge >= 0.3 is 0 Å². The summed E-state index contributed by atoms with van der Waals surface area (Å²) in [6, 6.07) is 14.1. The molecule has 1 amide bonds. The lowest BCUT2D eigenvalue weighted by molar-refractivity contribution is -0.136. The highest BCUT2D eigenvalue weighted by molar-refractivity contribution is 5.91. The minimum atomic E-state index is 0.0731. The van der Waals surface area contributed by atoms with Gasteiger partial charge in [-0.15, -0.1) is 0 Å². The molecule has 1 saturated heterocycles. The number of hydrogen-bond acceptors (Lipinski definition) is 7. The van der Waals surface area contributed by atoms with Crippen LogP contribution >= 0.6 is 0 Å². The summed E-state index contributed by atoms with van der Waals surface area (Å²) in [6.07, 6.45) is 3.15. The fraction of sp³-hybridized carbons (Fsp3) is 0.423. The monoisotopic (exact) mass is 461 g/mol. The Morgan fingerprint density at radius 1 is 0.971 bits per heavy atom. The molecule has 2 heterocycles. The van der Waals surface area contributed by atoms with Gasteiger partial charge < -0.3 is 25.0 Å². The number of nitrogens with zero attached hydrogens (tertiary/aromatic N) is 4. The van der Waals surface area contributed by atoms with E-state index in [-0.39, 0.29) is 11.8 Å². The number of aromatic nitrogens is 2. The Hall–Kier alpha value is -3.55. The number of amides is 1. The van der Waals surface area contributed by atoms with Crippen molar-refractivity contribution in [3.63, 3.8) is 0 Å². The number of hydrogen-bond donors (Lipinski definition) is 1. The zero-order chi connectivity index (χ0) is 23.7. The van der Waals surface area contributed by atoms with Crippen LogP contribution in [0.2, 0.25) is 0 Å². The number of piperazine rings is 1. The summed E-state index contributed by atoms with van der Waals surface area (Å²) in [5.74, 6) is 2.83. The Balaban J connectivity index is 1.30. The van der Waals surface area contributed by atoms with Crippen molar-refractivity contribution in [2.45, 2.75) is 25.2 Å². The van der Waals surface area contributed by atoms with E-state index in [1.54, 1.807) is 20.3 Å². The van der Waals surface area contributed by atoms with Crippen molar-refractivity contribution in [2.24, 2.45) is 5.92 Å². The fourth-order valence-electron chi connectivity index (χ4n) is 5.32. The van der Waals surface area contributed by atoms with Crippen molar-refractivity contribution < 1.29 is 14.3 Å². The van der Waals surface area contributed by atoms with Crippen LogP contribution in [-0.4, -0.2) is 61.2 Å². The molecule has 34 heavy (non-hydrogen) atoms. The van der Waals surface area contributed by atoms with E-state index in [1.165, 1.54) is 5.56 Å². The summed E-state index contributed by atoms with van der Waals surface area (Å²) in [5.41, 5.74) is 8.25. The molecule has 8 nitrogen and oxygen atoms in total. The van der Waals surface area contributed by atoms with Gasteiger partial charge in [-0.1, -0.05) is 36.8 Å². The van der Waals surface area contributed by atoms with Crippen molar-refractivity contribution in [3.8, 4) is 11.5 Å². The Morgan fingerprint density at radius 3 is 2.38 bits per heavy atom. The smallest absolute Gasteiger partial charge is 0.228 e. The van der Waals surface area contributed by atoms with Gasteiger partial charge in [-0.2, -0.15) is 4.98 Å². The molecule has 3 aromatic rings. The molecule has 1 saturated carbocycles. The third-order valence-electron chi connectivity index (χ3n) is 7.15. The van der Waals surface area contributed by atoms with Gasteiger partial charge in [0.1, 0.15) is 5.82 Å². The minimum absolute atomic E-state index is 0.0731. The zero-order valence-corrected chi connectivity index (χ0v) is 19.7. The van der Waals surface area contributed by atoms with Crippen molar-refractivity contribution in [2.75, 3.05) is 51.0 Å². The number of ether oxygens (including phenoxy) is 2. The molecule has 2 fully saturated rings. The van der Waals surface area contributed by atoms with Gasteiger partial charge in [0.05, 0.1) is 19.7 Å². The van der Waals surface area contributed by atoms with E-state index in [9.17, 15) is 4.79 Å². The third kappa shape index (κ3) is 4.08. The fourth-order valence-corrected chi connectivity index (χ4v) is 5.32. The van der Waals surface area contributed by atoms with E-state index in [0.717, 1.165) is 24.6 Å². The molecule has 0 bridgehead atoms. The van der Waals surface area contributed by atoms with Crippen molar-refractivity contribution in [3.05, 3.63) is 48.0 Å². The molecule has 0 radical (unpaired) electrons. The summed E-state index contributed by atoms with van der Waals surface area (Å²) in [4.78, 5) is 26.8. The lowest BCUT2D eigenvalue weighted by atomic mass is 9.88. The van der Waals surface area contributed by atoms with Gasteiger partial charge in [0.25, 0.3) is 0 Å². The predicted octanol–water partition coefficient (Wildman–Crippen LogP) is 3.46. The molecule has 0 spiro atoms. The van der Waals surface area contributed by atoms with Crippen LogP contribution in [0.4, 0.5) is 11.8 Å². The lowest BCUT2D eigenvalue weighted by Gasteiger charge is -2.37. The van der Waals surface area contributed by atoms with E-state index in [0.29, 0.717) is 60.9 Å². The molecular weight excluding hydrogens is 430 g/mol. The first-order valence-electron chi connectivity index (χ1n) is 11.9. The third-order valence-corrected chi connectivity index (χ3v) is 7.15. The van der Waals surface area contributed by atoms with Gasteiger partial charge in [-0.25, -0.2) is 4.98 Å². The summed E-state index contributed by atoms with van der Waals surface area (Å²) >= 11 is 0. The summed E-state index contributed by atoms with van der Waals surface area (Å²) in [5, 5.41) is 0.725. The molecule has 2 N–H and O–H groups in total. The maximum Gasteiger partial charge on any atom is 0.228 e. The van der Waals surface area contributed by atoms with Crippen LogP contribution in [0, 0.1) is 5.92 Å². The van der Waals surface area contributed by atoms with Crippen molar-refractivity contribution >= 4 is 28.6 Å².